The molecule has 1 aromatic heterocycles. The average molecular weight is 931 g/mol. The molecular formula is C42H42Cl2IN3O7S. The van der Waals surface area contributed by atoms with Gasteiger partial charge >= 0.3 is 0 Å². The van der Waals surface area contributed by atoms with Crippen molar-refractivity contribution < 1.29 is 32.2 Å². The number of hydrogen-bond donors (Lipinski definition) is 1. The van der Waals surface area contributed by atoms with Crippen LogP contribution in [0, 0.1) is 20.8 Å². The van der Waals surface area contributed by atoms with Crippen LogP contribution in [-0.4, -0.2) is 46.6 Å². The molecule has 3 atom stereocenters. The molecule has 6 rings (SSSR count). The molecule has 0 aliphatic carbocycles. The van der Waals surface area contributed by atoms with Gasteiger partial charge in [-0.25, -0.2) is 8.42 Å². The number of sulfonamides is 1. The number of carbonyl (C=O) groups is 1. The van der Waals surface area contributed by atoms with E-state index >= 15 is 0 Å². The largest absolute Gasteiger partial charge is 0.489 e. The molecule has 0 fully saturated rings. The Labute approximate surface area is 351 Å². The van der Waals surface area contributed by atoms with Crippen LogP contribution in [-0.2, 0) is 34.4 Å². The highest BCUT2D eigenvalue weighted by molar-refractivity contribution is 14.1. The first-order valence-electron chi connectivity index (χ1n) is 17.8. The molecule has 0 radical (unpaired) electrons. The Hall–Kier alpha value is -4.08. The van der Waals surface area contributed by atoms with Crippen molar-refractivity contribution in [3.05, 3.63) is 140 Å². The van der Waals surface area contributed by atoms with E-state index in [-0.39, 0.29) is 10.6 Å². The Bertz CT molecular complexity index is 2310. The van der Waals surface area contributed by atoms with Gasteiger partial charge in [-0.3, -0.25) is 9.78 Å². The van der Waals surface area contributed by atoms with Crippen molar-refractivity contribution in [3.8, 4) is 28.7 Å². The number of aromatic nitrogens is 1. The topological polar surface area (TPSA) is 116 Å². The molecule has 0 bridgehead atoms. The summed E-state index contributed by atoms with van der Waals surface area (Å²) in [5.74, 6) is 2.76. The molecule has 0 spiro atoms. The predicted molar refractivity (Wildman–Crippen MR) is 227 cm³/mol. The zero-order chi connectivity index (χ0) is 40.1. The van der Waals surface area contributed by atoms with E-state index in [1.54, 1.807) is 31.3 Å². The standard InChI is InChI=1S/C42H42Cl2IN3O7S/c1-25-18-38-39(55-40(24-53-38)31-9-13-33(14-10-31)52-23-30-8-15-35(43)36(44)19-30)21-32(25)22-48(56(5,50)51)28(4)42(49)47-41(45)20-29-6-11-34(12-7-29)54-37-16-17-46-27(3)26(37)2/h6-19,21,28,40-41H,20,22-24H2,1-5H3,(H,47,49)/t28-,40+,41-/m0/s1. The summed E-state index contributed by atoms with van der Waals surface area (Å²) in [6.45, 7) is 7.97. The van der Waals surface area contributed by atoms with Crippen LogP contribution in [0.1, 0.15) is 52.1 Å². The first-order valence-corrected chi connectivity index (χ1v) is 21.7. The molecule has 4 aromatic carbocycles. The summed E-state index contributed by atoms with van der Waals surface area (Å²) in [4.78, 5) is 17.8. The van der Waals surface area contributed by atoms with Gasteiger partial charge in [-0.05, 0) is 110 Å². The van der Waals surface area contributed by atoms with Crippen molar-refractivity contribution in [3.63, 3.8) is 0 Å². The van der Waals surface area contributed by atoms with Crippen LogP contribution in [0.2, 0.25) is 10.0 Å². The van der Waals surface area contributed by atoms with Gasteiger partial charge < -0.3 is 24.3 Å². The third-order valence-corrected chi connectivity index (χ3v) is 12.3. The van der Waals surface area contributed by atoms with Gasteiger partial charge in [0.1, 0.15) is 36.5 Å². The quantitative estimate of drug-likeness (QED) is 0.0666. The lowest BCUT2D eigenvalue weighted by molar-refractivity contribution is -0.124. The van der Waals surface area contributed by atoms with Crippen molar-refractivity contribution in [2.75, 3.05) is 12.9 Å². The number of rotatable bonds is 14. The summed E-state index contributed by atoms with van der Waals surface area (Å²) >= 11 is 14.3. The van der Waals surface area contributed by atoms with E-state index in [4.69, 9.17) is 42.1 Å². The maximum absolute atomic E-state index is 13.5. The Morgan fingerprint density at radius 2 is 1.64 bits per heavy atom. The van der Waals surface area contributed by atoms with Gasteiger partial charge in [-0.1, -0.05) is 76.1 Å². The van der Waals surface area contributed by atoms with Crippen LogP contribution in [0.25, 0.3) is 0 Å². The summed E-state index contributed by atoms with van der Waals surface area (Å²) < 4.78 is 51.6. The van der Waals surface area contributed by atoms with Gasteiger partial charge in [-0.15, -0.1) is 0 Å². The SMILES string of the molecule is Cc1cc2c(cc1CN([C@@H](C)C(=O)N[C@H](I)Cc1ccc(Oc3ccnc(C)c3C)cc1)S(C)(=O)=O)O[C@@H](c1ccc(OCc3ccc(Cl)c(Cl)c3)cc1)CO2. The number of ether oxygens (including phenoxy) is 4. The zero-order valence-corrected chi connectivity index (χ0v) is 36.0. The van der Waals surface area contributed by atoms with E-state index in [9.17, 15) is 13.2 Å². The minimum atomic E-state index is -3.81. The van der Waals surface area contributed by atoms with Crippen LogP contribution in [0.15, 0.2) is 91.1 Å². The third kappa shape index (κ3) is 10.5. The smallest absolute Gasteiger partial charge is 0.239 e. The number of nitrogens with one attached hydrogen (secondary N) is 1. The molecule has 2 heterocycles. The summed E-state index contributed by atoms with van der Waals surface area (Å²) in [6, 6.07) is 25.1. The van der Waals surface area contributed by atoms with Crippen molar-refractivity contribution in [1.29, 1.82) is 0 Å². The molecule has 1 aliphatic heterocycles. The highest BCUT2D eigenvalue weighted by Gasteiger charge is 2.31. The number of pyridine rings is 1. The number of aryl methyl sites for hydroxylation is 2. The monoisotopic (exact) mass is 929 g/mol. The Kier molecular flexibility index (Phi) is 13.4. The maximum Gasteiger partial charge on any atom is 0.239 e. The van der Waals surface area contributed by atoms with Crippen molar-refractivity contribution >= 4 is 61.7 Å². The number of alkyl halides is 1. The van der Waals surface area contributed by atoms with Gasteiger partial charge in [-0.2, -0.15) is 4.31 Å². The molecule has 14 heteroatoms. The number of amides is 1. The number of nitrogens with zero attached hydrogens (tertiary/aromatic N) is 2. The number of carbonyl (C=O) groups excluding carboxylic acids is 1. The molecule has 0 saturated carbocycles. The van der Waals surface area contributed by atoms with E-state index in [1.807, 2.05) is 87.5 Å². The lowest BCUT2D eigenvalue weighted by Gasteiger charge is -2.30. The molecule has 0 unspecified atom stereocenters. The van der Waals surface area contributed by atoms with Crippen LogP contribution in [0.3, 0.4) is 0 Å². The van der Waals surface area contributed by atoms with Crippen LogP contribution in [0.5, 0.6) is 28.7 Å². The molecule has 294 valence electrons. The molecular weight excluding hydrogens is 888 g/mol. The van der Waals surface area contributed by atoms with Gasteiger partial charge in [0, 0.05) is 30.4 Å². The minimum absolute atomic E-state index is 0.0325. The molecule has 0 saturated heterocycles. The summed E-state index contributed by atoms with van der Waals surface area (Å²) in [6.07, 6.45) is 2.95. The van der Waals surface area contributed by atoms with Gasteiger partial charge in [0.15, 0.2) is 17.6 Å². The van der Waals surface area contributed by atoms with E-state index in [2.05, 4.69) is 32.9 Å². The second kappa shape index (κ2) is 18.0. The second-order valence-electron chi connectivity index (χ2n) is 13.7. The van der Waals surface area contributed by atoms with Gasteiger partial charge in [0.25, 0.3) is 0 Å². The van der Waals surface area contributed by atoms with Crippen LogP contribution in [0.4, 0.5) is 0 Å². The Morgan fingerprint density at radius 3 is 2.34 bits per heavy atom. The van der Waals surface area contributed by atoms with Crippen molar-refractivity contribution in [2.45, 2.75) is 63.5 Å². The van der Waals surface area contributed by atoms with E-state index in [0.717, 1.165) is 45.5 Å². The zero-order valence-electron chi connectivity index (χ0n) is 31.5. The Balaban J connectivity index is 1.06. The third-order valence-electron chi connectivity index (χ3n) is 9.54. The first kappa shape index (κ1) is 41.6. The fourth-order valence-electron chi connectivity index (χ4n) is 6.09. The molecule has 1 aliphatic rings. The molecule has 1 amide bonds. The number of fused-ring (bicyclic) bond motifs is 1. The number of hydrogen-bond acceptors (Lipinski definition) is 8. The van der Waals surface area contributed by atoms with Gasteiger partial charge in [0.05, 0.1) is 20.3 Å². The molecule has 56 heavy (non-hydrogen) atoms. The normalized spacial score (nSPS) is 14.9. The van der Waals surface area contributed by atoms with E-state index in [0.29, 0.717) is 58.2 Å². The highest BCUT2D eigenvalue weighted by Crippen LogP contribution is 2.39. The summed E-state index contributed by atoms with van der Waals surface area (Å²) in [5, 5.41) is 3.95. The first-order chi connectivity index (χ1) is 26.6. The minimum Gasteiger partial charge on any atom is -0.489 e. The van der Waals surface area contributed by atoms with Gasteiger partial charge in [0.2, 0.25) is 15.9 Å². The number of halogens is 3. The lowest BCUT2D eigenvalue weighted by atomic mass is 10.1. The van der Waals surface area contributed by atoms with E-state index < -0.39 is 28.1 Å². The maximum atomic E-state index is 13.5. The predicted octanol–water partition coefficient (Wildman–Crippen LogP) is 9.47. The fourth-order valence-corrected chi connectivity index (χ4v) is 8.27. The average Bonchev–Trinajstić information content (AvgIpc) is 3.16. The van der Waals surface area contributed by atoms with Crippen LogP contribution >= 0.6 is 45.8 Å². The molecule has 5 aromatic rings. The highest BCUT2D eigenvalue weighted by atomic mass is 127. The number of benzene rings is 4. The molecule has 1 N–H and O–H groups in total. The lowest BCUT2D eigenvalue weighted by Crippen LogP contribution is -2.49. The summed E-state index contributed by atoms with van der Waals surface area (Å²) in [5.41, 5.74) is 6.15. The van der Waals surface area contributed by atoms with E-state index in [1.165, 1.54) is 4.31 Å². The summed E-state index contributed by atoms with van der Waals surface area (Å²) in [7, 11) is -3.81. The van der Waals surface area contributed by atoms with Crippen molar-refractivity contribution in [2.24, 2.45) is 0 Å². The van der Waals surface area contributed by atoms with Crippen molar-refractivity contribution in [1.82, 2.24) is 14.6 Å². The van der Waals surface area contributed by atoms with Crippen LogP contribution < -0.4 is 24.3 Å². The molecule has 10 nitrogen and oxygen atoms in total. The Morgan fingerprint density at radius 1 is 0.946 bits per heavy atom. The second-order valence-corrected chi connectivity index (χ2v) is 17.9. The fraction of sp³-hybridized carbons (Fsp3) is 0.286.